The molecular weight excluding hydrogens is 234 g/mol. The fraction of sp³-hybridized carbons (Fsp3) is 0.562. The minimum atomic E-state index is -0.258. The van der Waals surface area contributed by atoms with Gasteiger partial charge < -0.3 is 10.7 Å². The lowest BCUT2D eigenvalue weighted by Crippen LogP contribution is -2.41. The molecule has 1 heterocycles. The quantitative estimate of drug-likeness (QED) is 0.821. The normalized spacial score (nSPS) is 27.9. The van der Waals surface area contributed by atoms with Gasteiger partial charge in [-0.2, -0.15) is 0 Å². The van der Waals surface area contributed by atoms with Gasteiger partial charge in [0, 0.05) is 0 Å². The molecule has 0 bridgehead atoms. The van der Waals surface area contributed by atoms with Crippen LogP contribution in [0.4, 0.5) is 0 Å². The number of aryl methyl sites for hydroxylation is 2. The Morgan fingerprint density at radius 1 is 1.26 bits per heavy atom. The van der Waals surface area contributed by atoms with E-state index in [9.17, 15) is 0 Å². The number of rotatable bonds is 1. The van der Waals surface area contributed by atoms with E-state index in [1.807, 2.05) is 0 Å². The summed E-state index contributed by atoms with van der Waals surface area (Å²) in [6, 6.07) is 4.34. The van der Waals surface area contributed by atoms with E-state index in [1.54, 1.807) is 0 Å². The zero-order chi connectivity index (χ0) is 13.6. The van der Waals surface area contributed by atoms with Gasteiger partial charge >= 0.3 is 0 Å². The SMILES string of the molecule is Cc1cc(C)c2nc(C3(N)CCC(C)CC3)[nH]c2c1. The molecule has 1 aliphatic rings. The third-order valence-electron chi connectivity index (χ3n) is 4.56. The Bertz CT molecular complexity index is 604. The molecule has 0 saturated heterocycles. The molecule has 102 valence electrons. The maximum Gasteiger partial charge on any atom is 0.127 e. The zero-order valence-electron chi connectivity index (χ0n) is 12.1. The summed E-state index contributed by atoms with van der Waals surface area (Å²) in [4.78, 5) is 8.26. The molecule has 3 nitrogen and oxygen atoms in total. The van der Waals surface area contributed by atoms with Crippen LogP contribution in [0.5, 0.6) is 0 Å². The average molecular weight is 257 g/mol. The second kappa shape index (κ2) is 4.34. The number of fused-ring (bicyclic) bond motifs is 1. The molecule has 19 heavy (non-hydrogen) atoms. The number of benzene rings is 1. The molecule has 2 aromatic rings. The summed E-state index contributed by atoms with van der Waals surface area (Å²) < 4.78 is 0. The molecule has 1 saturated carbocycles. The van der Waals surface area contributed by atoms with Crippen LogP contribution in [0.25, 0.3) is 11.0 Å². The molecule has 1 aromatic carbocycles. The van der Waals surface area contributed by atoms with E-state index in [1.165, 1.54) is 24.0 Å². The lowest BCUT2D eigenvalue weighted by molar-refractivity contribution is 0.238. The van der Waals surface area contributed by atoms with E-state index in [0.717, 1.165) is 35.6 Å². The van der Waals surface area contributed by atoms with Crippen LogP contribution in [0, 0.1) is 19.8 Å². The van der Waals surface area contributed by atoms with E-state index in [2.05, 4.69) is 37.9 Å². The molecular formula is C16H23N3. The largest absolute Gasteiger partial charge is 0.340 e. The first kappa shape index (κ1) is 12.7. The molecule has 0 amide bonds. The molecule has 0 radical (unpaired) electrons. The monoisotopic (exact) mass is 257 g/mol. The van der Waals surface area contributed by atoms with Crippen LogP contribution >= 0.6 is 0 Å². The lowest BCUT2D eigenvalue weighted by atomic mass is 9.77. The third kappa shape index (κ3) is 2.16. The summed E-state index contributed by atoms with van der Waals surface area (Å²) >= 11 is 0. The first-order valence-corrected chi connectivity index (χ1v) is 7.24. The number of nitrogens with zero attached hydrogens (tertiary/aromatic N) is 1. The van der Waals surface area contributed by atoms with Gasteiger partial charge in [0.25, 0.3) is 0 Å². The molecule has 1 aliphatic carbocycles. The fourth-order valence-corrected chi connectivity index (χ4v) is 3.22. The van der Waals surface area contributed by atoms with E-state index in [0.29, 0.717) is 0 Å². The Balaban J connectivity index is 2.04. The number of aromatic amines is 1. The predicted octanol–water partition coefficient (Wildman–Crippen LogP) is 3.54. The fourth-order valence-electron chi connectivity index (χ4n) is 3.22. The van der Waals surface area contributed by atoms with Gasteiger partial charge in [0.2, 0.25) is 0 Å². The van der Waals surface area contributed by atoms with Gasteiger partial charge in [-0.1, -0.05) is 13.0 Å². The highest BCUT2D eigenvalue weighted by Gasteiger charge is 2.34. The zero-order valence-corrected chi connectivity index (χ0v) is 12.1. The molecule has 1 fully saturated rings. The maximum atomic E-state index is 6.60. The van der Waals surface area contributed by atoms with Crippen molar-refractivity contribution in [3.63, 3.8) is 0 Å². The first-order valence-electron chi connectivity index (χ1n) is 7.24. The molecule has 0 unspecified atom stereocenters. The Hall–Kier alpha value is -1.35. The van der Waals surface area contributed by atoms with Crippen molar-refractivity contribution in [3.8, 4) is 0 Å². The molecule has 1 aromatic heterocycles. The molecule has 0 atom stereocenters. The summed E-state index contributed by atoms with van der Waals surface area (Å²) in [5.41, 5.74) is 11.0. The first-order chi connectivity index (χ1) is 8.98. The summed E-state index contributed by atoms with van der Waals surface area (Å²) in [5, 5.41) is 0. The predicted molar refractivity (Wildman–Crippen MR) is 79.1 cm³/mol. The Morgan fingerprint density at radius 2 is 1.95 bits per heavy atom. The number of aromatic nitrogens is 2. The van der Waals surface area contributed by atoms with Crippen molar-refractivity contribution in [2.45, 2.75) is 52.0 Å². The van der Waals surface area contributed by atoms with Gasteiger partial charge in [0.15, 0.2) is 0 Å². The molecule has 3 N–H and O–H groups in total. The number of nitrogens with one attached hydrogen (secondary N) is 1. The van der Waals surface area contributed by atoms with Gasteiger partial charge in [-0.15, -0.1) is 0 Å². The number of H-pyrrole nitrogens is 1. The van der Waals surface area contributed by atoms with Crippen LogP contribution < -0.4 is 5.73 Å². The van der Waals surface area contributed by atoms with Crippen molar-refractivity contribution >= 4 is 11.0 Å². The van der Waals surface area contributed by atoms with E-state index >= 15 is 0 Å². The van der Waals surface area contributed by atoms with Crippen molar-refractivity contribution in [2.24, 2.45) is 11.7 Å². The van der Waals surface area contributed by atoms with Crippen molar-refractivity contribution in [2.75, 3.05) is 0 Å². The van der Waals surface area contributed by atoms with Crippen molar-refractivity contribution in [1.82, 2.24) is 9.97 Å². The van der Waals surface area contributed by atoms with Gasteiger partial charge in [-0.3, -0.25) is 0 Å². The summed E-state index contributed by atoms with van der Waals surface area (Å²) in [6.07, 6.45) is 4.47. The molecule has 3 heteroatoms. The standard InChI is InChI=1S/C16H23N3/c1-10-4-6-16(17,7-5-10)15-18-13-9-11(2)8-12(3)14(13)19-15/h8-10H,4-7,17H2,1-3H3,(H,18,19). The second-order valence-corrected chi connectivity index (χ2v) is 6.40. The minimum absolute atomic E-state index is 0.258. The topological polar surface area (TPSA) is 54.7 Å². The van der Waals surface area contributed by atoms with Gasteiger partial charge in [0.05, 0.1) is 16.6 Å². The number of hydrogen-bond acceptors (Lipinski definition) is 2. The van der Waals surface area contributed by atoms with Gasteiger partial charge in [0.1, 0.15) is 5.82 Å². The van der Waals surface area contributed by atoms with E-state index in [-0.39, 0.29) is 5.54 Å². The van der Waals surface area contributed by atoms with Crippen molar-refractivity contribution in [1.29, 1.82) is 0 Å². The Labute approximate surface area is 114 Å². The van der Waals surface area contributed by atoms with Gasteiger partial charge in [-0.25, -0.2) is 4.98 Å². The highest BCUT2D eigenvalue weighted by Crippen LogP contribution is 2.37. The highest BCUT2D eigenvalue weighted by atomic mass is 15.0. The van der Waals surface area contributed by atoms with Crippen LogP contribution in [-0.4, -0.2) is 9.97 Å². The highest BCUT2D eigenvalue weighted by molar-refractivity contribution is 5.79. The van der Waals surface area contributed by atoms with Crippen LogP contribution in [0.1, 0.15) is 49.6 Å². The minimum Gasteiger partial charge on any atom is -0.340 e. The smallest absolute Gasteiger partial charge is 0.127 e. The maximum absolute atomic E-state index is 6.60. The third-order valence-corrected chi connectivity index (χ3v) is 4.56. The van der Waals surface area contributed by atoms with Crippen LogP contribution in [0.15, 0.2) is 12.1 Å². The van der Waals surface area contributed by atoms with Crippen molar-refractivity contribution in [3.05, 3.63) is 29.1 Å². The van der Waals surface area contributed by atoms with Crippen molar-refractivity contribution < 1.29 is 0 Å². The second-order valence-electron chi connectivity index (χ2n) is 6.40. The number of imidazole rings is 1. The summed E-state index contributed by atoms with van der Waals surface area (Å²) in [5.74, 6) is 1.77. The average Bonchev–Trinajstić information content (AvgIpc) is 2.78. The summed E-state index contributed by atoms with van der Waals surface area (Å²) in [6.45, 7) is 6.55. The van der Waals surface area contributed by atoms with E-state index in [4.69, 9.17) is 10.7 Å². The molecule has 0 aliphatic heterocycles. The van der Waals surface area contributed by atoms with E-state index < -0.39 is 0 Å². The van der Waals surface area contributed by atoms with Crippen LogP contribution in [0.3, 0.4) is 0 Å². The Kier molecular flexibility index (Phi) is 2.90. The van der Waals surface area contributed by atoms with Crippen LogP contribution in [-0.2, 0) is 5.54 Å². The number of nitrogens with two attached hydrogens (primary N) is 1. The molecule has 3 rings (SSSR count). The molecule has 0 spiro atoms. The Morgan fingerprint density at radius 3 is 2.63 bits per heavy atom. The summed E-state index contributed by atoms with van der Waals surface area (Å²) in [7, 11) is 0. The lowest BCUT2D eigenvalue weighted by Gasteiger charge is -2.34. The van der Waals surface area contributed by atoms with Crippen LogP contribution in [0.2, 0.25) is 0 Å². The number of hydrogen-bond donors (Lipinski definition) is 2. The van der Waals surface area contributed by atoms with Gasteiger partial charge in [-0.05, 0) is 62.6 Å².